The van der Waals surface area contributed by atoms with E-state index >= 15 is 0 Å². The molecule has 4 aromatic carbocycles. The Bertz CT molecular complexity index is 1790. The van der Waals surface area contributed by atoms with Crippen molar-refractivity contribution < 1.29 is 36.3 Å². The summed E-state index contributed by atoms with van der Waals surface area (Å²) in [5, 5.41) is 2.91. The van der Waals surface area contributed by atoms with Gasteiger partial charge in [0.1, 0.15) is 24.2 Å². The zero-order valence-corrected chi connectivity index (χ0v) is 28.0. The van der Waals surface area contributed by atoms with Crippen molar-refractivity contribution in [1.29, 1.82) is 0 Å². The summed E-state index contributed by atoms with van der Waals surface area (Å²) in [6, 6.07) is 22.2. The number of nitrogens with one attached hydrogen (secondary N) is 1. The molecule has 254 valence electrons. The molecular weight excluding hydrogens is 640 g/mol. The lowest BCUT2D eigenvalue weighted by molar-refractivity contribution is -0.140. The van der Waals surface area contributed by atoms with E-state index in [4.69, 9.17) is 9.47 Å². The predicted molar refractivity (Wildman–Crippen MR) is 179 cm³/mol. The van der Waals surface area contributed by atoms with Crippen molar-refractivity contribution in [3.05, 3.63) is 120 Å². The molecule has 0 heterocycles. The smallest absolute Gasteiger partial charge is 0.264 e. The molecule has 48 heavy (non-hydrogen) atoms. The van der Waals surface area contributed by atoms with Crippen molar-refractivity contribution in [2.24, 2.45) is 5.92 Å². The molecule has 1 N–H and O–H groups in total. The maximum absolute atomic E-state index is 14.5. The molecule has 0 radical (unpaired) electrons. The van der Waals surface area contributed by atoms with Crippen LogP contribution in [0.5, 0.6) is 11.5 Å². The van der Waals surface area contributed by atoms with Crippen LogP contribution >= 0.6 is 0 Å². The number of benzene rings is 4. The molecule has 0 aromatic heterocycles. The van der Waals surface area contributed by atoms with E-state index < -0.39 is 46.1 Å². The molecule has 0 saturated carbocycles. The highest BCUT2D eigenvalue weighted by Crippen LogP contribution is 2.32. The summed E-state index contributed by atoms with van der Waals surface area (Å²) in [4.78, 5) is 29.4. The van der Waals surface area contributed by atoms with Gasteiger partial charge in [-0.25, -0.2) is 17.2 Å². The largest absolute Gasteiger partial charge is 0.493 e. The van der Waals surface area contributed by atoms with Crippen LogP contribution in [0.25, 0.3) is 0 Å². The van der Waals surface area contributed by atoms with Gasteiger partial charge in [-0.05, 0) is 65.6 Å². The fraction of sp³-hybridized carbons (Fsp3) is 0.278. The molecule has 2 amide bonds. The van der Waals surface area contributed by atoms with Crippen LogP contribution in [0.2, 0.25) is 0 Å². The van der Waals surface area contributed by atoms with Gasteiger partial charge in [-0.1, -0.05) is 56.3 Å². The van der Waals surface area contributed by atoms with E-state index in [9.17, 15) is 26.8 Å². The van der Waals surface area contributed by atoms with Crippen LogP contribution in [0.3, 0.4) is 0 Å². The van der Waals surface area contributed by atoms with Gasteiger partial charge in [0, 0.05) is 25.6 Å². The number of amides is 2. The van der Waals surface area contributed by atoms with Gasteiger partial charge in [-0.3, -0.25) is 13.9 Å². The summed E-state index contributed by atoms with van der Waals surface area (Å²) in [6.45, 7) is 3.35. The van der Waals surface area contributed by atoms with Gasteiger partial charge in [0.15, 0.2) is 11.5 Å². The number of halogens is 2. The van der Waals surface area contributed by atoms with Crippen molar-refractivity contribution in [3.63, 3.8) is 0 Å². The molecule has 0 aliphatic carbocycles. The van der Waals surface area contributed by atoms with Crippen molar-refractivity contribution in [3.8, 4) is 11.5 Å². The first kappa shape index (κ1) is 35.9. The minimum Gasteiger partial charge on any atom is -0.493 e. The van der Waals surface area contributed by atoms with Gasteiger partial charge in [0.2, 0.25) is 11.8 Å². The molecule has 0 saturated heterocycles. The number of carbonyl (C=O) groups excluding carboxylic acids is 2. The number of rotatable bonds is 15. The lowest BCUT2D eigenvalue weighted by Gasteiger charge is -2.34. The summed E-state index contributed by atoms with van der Waals surface area (Å²) in [6.07, 6.45) is 0.122. The Morgan fingerprint density at radius 2 is 1.40 bits per heavy atom. The highest BCUT2D eigenvalue weighted by molar-refractivity contribution is 7.92. The molecule has 0 aliphatic rings. The van der Waals surface area contributed by atoms with E-state index in [0.717, 1.165) is 22.0 Å². The Balaban J connectivity index is 1.81. The second-order valence-corrected chi connectivity index (χ2v) is 13.4. The van der Waals surface area contributed by atoms with E-state index in [2.05, 4.69) is 5.32 Å². The fourth-order valence-electron chi connectivity index (χ4n) is 5.00. The number of nitrogens with zero attached hydrogens (tertiary/aromatic N) is 2. The highest BCUT2D eigenvalue weighted by atomic mass is 32.2. The molecule has 12 heteroatoms. The van der Waals surface area contributed by atoms with E-state index in [1.54, 1.807) is 0 Å². The van der Waals surface area contributed by atoms with Crippen LogP contribution in [-0.2, 0) is 32.6 Å². The van der Waals surface area contributed by atoms with Crippen molar-refractivity contribution in [1.82, 2.24) is 10.2 Å². The monoisotopic (exact) mass is 679 g/mol. The SMILES string of the molecule is COc1ccc(S(=O)(=O)N(CC(=O)N(Cc2ccc(F)cc2)[C@@H](Cc2ccccc2)C(=O)NCC(C)C)c2ccc(F)cc2)cc1OC. The first-order valence-electron chi connectivity index (χ1n) is 15.3. The van der Waals surface area contributed by atoms with E-state index in [0.29, 0.717) is 17.9 Å². The first-order valence-corrected chi connectivity index (χ1v) is 16.7. The molecule has 0 fully saturated rings. The van der Waals surface area contributed by atoms with E-state index in [1.807, 2.05) is 44.2 Å². The normalized spacial score (nSPS) is 11.9. The van der Waals surface area contributed by atoms with Gasteiger partial charge >= 0.3 is 0 Å². The number of hydrogen-bond donors (Lipinski definition) is 1. The van der Waals surface area contributed by atoms with Crippen molar-refractivity contribution in [2.45, 2.75) is 37.8 Å². The molecule has 1 atom stereocenters. The summed E-state index contributed by atoms with van der Waals surface area (Å²) in [5.41, 5.74) is 1.31. The summed E-state index contributed by atoms with van der Waals surface area (Å²) in [5.74, 6) is -1.67. The third kappa shape index (κ3) is 9.09. The predicted octanol–water partition coefficient (Wildman–Crippen LogP) is 5.59. The lowest BCUT2D eigenvalue weighted by atomic mass is 10.0. The summed E-state index contributed by atoms with van der Waals surface area (Å²) in [7, 11) is -1.71. The van der Waals surface area contributed by atoms with Crippen LogP contribution in [0, 0.1) is 17.6 Å². The minimum absolute atomic E-state index is 0.0186. The van der Waals surface area contributed by atoms with E-state index in [1.165, 1.54) is 73.7 Å². The molecule has 0 spiro atoms. The zero-order chi connectivity index (χ0) is 34.8. The quantitative estimate of drug-likeness (QED) is 0.176. The molecule has 4 rings (SSSR count). The van der Waals surface area contributed by atoms with Gasteiger partial charge in [0.25, 0.3) is 10.0 Å². The number of hydrogen-bond acceptors (Lipinski definition) is 6. The molecule has 0 bridgehead atoms. The Morgan fingerprint density at radius 3 is 1.98 bits per heavy atom. The Morgan fingerprint density at radius 1 is 0.792 bits per heavy atom. The third-order valence-electron chi connectivity index (χ3n) is 7.56. The number of ether oxygens (including phenoxy) is 2. The van der Waals surface area contributed by atoms with Crippen molar-refractivity contribution in [2.75, 3.05) is 31.6 Å². The van der Waals surface area contributed by atoms with Gasteiger partial charge in [0.05, 0.1) is 24.8 Å². The highest BCUT2D eigenvalue weighted by Gasteiger charge is 2.35. The van der Waals surface area contributed by atoms with Crippen LogP contribution in [-0.4, -0.2) is 58.5 Å². The fourth-order valence-corrected chi connectivity index (χ4v) is 6.43. The molecular formula is C36H39F2N3O6S. The standard InChI is InChI=1S/C36H39F2N3O6S/c1-25(2)22-39-36(43)32(20-26-8-6-5-7-9-26)40(23-27-10-12-28(37)13-11-27)35(42)24-41(30-16-14-29(38)15-17-30)48(44,45)31-18-19-33(46-3)34(21-31)47-4/h5-19,21,25,32H,20,22-24H2,1-4H3,(H,39,43)/t32-/m0/s1. The average Bonchev–Trinajstić information content (AvgIpc) is 3.08. The van der Waals surface area contributed by atoms with Crippen LogP contribution in [0.4, 0.5) is 14.5 Å². The topological polar surface area (TPSA) is 105 Å². The van der Waals surface area contributed by atoms with Crippen LogP contribution in [0.1, 0.15) is 25.0 Å². The second kappa shape index (κ2) is 16.2. The number of anilines is 1. The van der Waals surface area contributed by atoms with Gasteiger partial charge < -0.3 is 19.7 Å². The van der Waals surface area contributed by atoms with Gasteiger partial charge in [-0.15, -0.1) is 0 Å². The number of carbonyl (C=O) groups is 2. The molecule has 9 nitrogen and oxygen atoms in total. The minimum atomic E-state index is -4.48. The average molecular weight is 680 g/mol. The molecule has 0 unspecified atom stereocenters. The second-order valence-electron chi connectivity index (χ2n) is 11.5. The zero-order valence-electron chi connectivity index (χ0n) is 27.2. The Kier molecular flexibility index (Phi) is 12.1. The number of methoxy groups -OCH3 is 2. The third-order valence-corrected chi connectivity index (χ3v) is 9.33. The Hall–Kier alpha value is -4.97. The maximum atomic E-state index is 14.5. The number of sulfonamides is 1. The molecule has 0 aliphatic heterocycles. The molecule has 4 aromatic rings. The summed E-state index contributed by atoms with van der Waals surface area (Å²) >= 11 is 0. The van der Waals surface area contributed by atoms with E-state index in [-0.39, 0.29) is 35.2 Å². The van der Waals surface area contributed by atoms with Gasteiger partial charge in [-0.2, -0.15) is 0 Å². The van der Waals surface area contributed by atoms with Crippen LogP contribution < -0.4 is 19.1 Å². The maximum Gasteiger partial charge on any atom is 0.264 e. The first-order chi connectivity index (χ1) is 22.9. The summed E-state index contributed by atoms with van der Waals surface area (Å²) < 4.78 is 67.8. The lowest BCUT2D eigenvalue weighted by Crippen LogP contribution is -2.53. The van der Waals surface area contributed by atoms with Crippen molar-refractivity contribution >= 4 is 27.5 Å². The Labute approximate surface area is 280 Å². The van der Waals surface area contributed by atoms with Crippen LogP contribution in [0.15, 0.2) is 102 Å².